The molecule has 1 N–H and O–H groups in total. The Kier molecular flexibility index (Phi) is 8.08. The Hall–Kier alpha value is -0.120. The molecule has 0 aromatic rings. The van der Waals surface area contributed by atoms with Crippen molar-refractivity contribution in [1.82, 2.24) is 15.1 Å². The maximum absolute atomic E-state index is 3.61. The van der Waals surface area contributed by atoms with E-state index >= 15 is 0 Å². The van der Waals surface area contributed by atoms with Crippen LogP contribution in [-0.2, 0) is 0 Å². The molecule has 1 rings (SSSR count). The van der Waals surface area contributed by atoms with Crippen LogP contribution in [0.3, 0.4) is 0 Å². The van der Waals surface area contributed by atoms with Crippen molar-refractivity contribution >= 4 is 0 Å². The topological polar surface area (TPSA) is 18.5 Å². The number of nitrogens with one attached hydrogen (secondary N) is 1. The summed E-state index contributed by atoms with van der Waals surface area (Å²) >= 11 is 0. The quantitative estimate of drug-likeness (QED) is 0.656. The highest BCUT2D eigenvalue weighted by Crippen LogP contribution is 2.22. The lowest BCUT2D eigenvalue weighted by atomic mass is 9.86. The van der Waals surface area contributed by atoms with Crippen molar-refractivity contribution in [3.63, 3.8) is 0 Å². The second-order valence-electron chi connectivity index (χ2n) is 7.31. The van der Waals surface area contributed by atoms with Crippen LogP contribution in [0.2, 0.25) is 0 Å². The summed E-state index contributed by atoms with van der Waals surface area (Å²) in [5.74, 6) is 0.792. The van der Waals surface area contributed by atoms with Crippen molar-refractivity contribution in [3.8, 4) is 0 Å². The average molecular weight is 284 g/mol. The molecule has 0 amide bonds. The summed E-state index contributed by atoms with van der Waals surface area (Å²) in [6, 6.07) is 0. The van der Waals surface area contributed by atoms with Gasteiger partial charge in [0, 0.05) is 45.8 Å². The van der Waals surface area contributed by atoms with Crippen LogP contribution in [0.1, 0.15) is 47.5 Å². The minimum Gasteiger partial charge on any atom is -0.316 e. The second kappa shape index (κ2) is 9.01. The molecule has 1 heterocycles. The summed E-state index contributed by atoms with van der Waals surface area (Å²) in [6.45, 7) is 21.5. The molecular weight excluding hydrogens is 246 g/mol. The van der Waals surface area contributed by atoms with Crippen molar-refractivity contribution < 1.29 is 0 Å². The smallest absolute Gasteiger partial charge is 0.0110 e. The molecule has 1 aliphatic heterocycles. The number of hydrogen-bond donors (Lipinski definition) is 1. The zero-order valence-electron chi connectivity index (χ0n) is 14.5. The van der Waals surface area contributed by atoms with Gasteiger partial charge in [0.1, 0.15) is 0 Å². The third kappa shape index (κ3) is 6.55. The third-order valence-corrected chi connectivity index (χ3v) is 4.53. The van der Waals surface area contributed by atoms with E-state index in [0.717, 1.165) is 19.0 Å². The molecule has 20 heavy (non-hydrogen) atoms. The van der Waals surface area contributed by atoms with E-state index in [-0.39, 0.29) is 0 Å². The fourth-order valence-corrected chi connectivity index (χ4v) is 3.05. The Labute approximate surface area is 127 Å². The number of hydrogen-bond acceptors (Lipinski definition) is 3. The summed E-state index contributed by atoms with van der Waals surface area (Å²) in [4.78, 5) is 5.30. The number of rotatable bonds is 9. The van der Waals surface area contributed by atoms with Crippen molar-refractivity contribution in [2.75, 3.05) is 52.4 Å². The van der Waals surface area contributed by atoms with Gasteiger partial charge in [-0.15, -0.1) is 0 Å². The van der Waals surface area contributed by atoms with Gasteiger partial charge in [-0.05, 0) is 30.7 Å². The Morgan fingerprint density at radius 2 is 1.65 bits per heavy atom. The first-order valence-corrected chi connectivity index (χ1v) is 8.64. The summed E-state index contributed by atoms with van der Waals surface area (Å²) in [5, 5.41) is 3.61. The van der Waals surface area contributed by atoms with Gasteiger partial charge in [0.2, 0.25) is 0 Å². The lowest BCUT2D eigenvalue weighted by molar-refractivity contribution is 0.0826. The molecule has 1 fully saturated rings. The first-order chi connectivity index (χ1) is 9.49. The highest BCUT2D eigenvalue weighted by Gasteiger charge is 2.27. The molecule has 3 heteroatoms. The predicted octanol–water partition coefficient (Wildman–Crippen LogP) is 2.68. The predicted molar refractivity (Wildman–Crippen MR) is 89.3 cm³/mol. The highest BCUT2D eigenvalue weighted by atomic mass is 15.3. The van der Waals surface area contributed by atoms with Crippen molar-refractivity contribution in [3.05, 3.63) is 0 Å². The number of nitrogens with zero attached hydrogens (tertiary/aromatic N) is 2. The van der Waals surface area contributed by atoms with E-state index < -0.39 is 0 Å². The van der Waals surface area contributed by atoms with Crippen LogP contribution >= 0.6 is 0 Å². The van der Waals surface area contributed by atoms with Crippen LogP contribution in [0, 0.1) is 11.3 Å². The van der Waals surface area contributed by atoms with Crippen LogP contribution in [0.4, 0.5) is 0 Å². The molecule has 0 spiro atoms. The minimum absolute atomic E-state index is 0.426. The minimum atomic E-state index is 0.426. The molecule has 0 bridgehead atoms. The fourth-order valence-electron chi connectivity index (χ4n) is 3.05. The van der Waals surface area contributed by atoms with Gasteiger partial charge in [0.05, 0.1) is 0 Å². The first kappa shape index (κ1) is 17.9. The normalized spacial score (nSPS) is 21.3. The summed E-state index contributed by atoms with van der Waals surface area (Å²) in [6.07, 6.45) is 2.49. The Bertz CT molecular complexity index is 247. The molecule has 1 saturated heterocycles. The zero-order chi connectivity index (χ0) is 15.0. The van der Waals surface area contributed by atoms with Gasteiger partial charge in [-0.3, -0.25) is 0 Å². The lowest BCUT2D eigenvalue weighted by Crippen LogP contribution is -2.51. The van der Waals surface area contributed by atoms with E-state index in [1.807, 2.05) is 0 Å². The molecule has 3 nitrogen and oxygen atoms in total. The van der Waals surface area contributed by atoms with E-state index in [9.17, 15) is 0 Å². The monoisotopic (exact) mass is 283 g/mol. The SMILES string of the molecule is CCCNCC(C)(CC)CN1CCN(CC(C)C)CC1. The Morgan fingerprint density at radius 3 is 2.15 bits per heavy atom. The second-order valence-corrected chi connectivity index (χ2v) is 7.31. The zero-order valence-corrected chi connectivity index (χ0v) is 14.5. The van der Waals surface area contributed by atoms with Gasteiger partial charge < -0.3 is 15.1 Å². The summed E-state index contributed by atoms with van der Waals surface area (Å²) < 4.78 is 0. The fraction of sp³-hybridized carbons (Fsp3) is 1.00. The largest absolute Gasteiger partial charge is 0.316 e. The summed E-state index contributed by atoms with van der Waals surface area (Å²) in [7, 11) is 0. The van der Waals surface area contributed by atoms with Crippen molar-refractivity contribution in [1.29, 1.82) is 0 Å². The van der Waals surface area contributed by atoms with Gasteiger partial charge >= 0.3 is 0 Å². The van der Waals surface area contributed by atoms with Gasteiger partial charge in [-0.25, -0.2) is 0 Å². The Balaban J connectivity index is 2.32. The first-order valence-electron chi connectivity index (χ1n) is 8.64. The number of piperazine rings is 1. The average Bonchev–Trinajstić information content (AvgIpc) is 2.41. The van der Waals surface area contributed by atoms with Crippen LogP contribution in [0.15, 0.2) is 0 Å². The van der Waals surface area contributed by atoms with E-state index in [1.54, 1.807) is 0 Å². The van der Waals surface area contributed by atoms with Crippen LogP contribution in [0.25, 0.3) is 0 Å². The molecule has 0 aliphatic carbocycles. The molecule has 1 atom stereocenters. The van der Waals surface area contributed by atoms with E-state index in [4.69, 9.17) is 0 Å². The summed E-state index contributed by atoms with van der Waals surface area (Å²) in [5.41, 5.74) is 0.426. The van der Waals surface area contributed by atoms with Crippen molar-refractivity contribution in [2.45, 2.75) is 47.5 Å². The van der Waals surface area contributed by atoms with E-state index in [1.165, 1.54) is 52.1 Å². The van der Waals surface area contributed by atoms with Gasteiger partial charge in [-0.1, -0.05) is 34.6 Å². The molecule has 0 aromatic heterocycles. The van der Waals surface area contributed by atoms with E-state index in [0.29, 0.717) is 5.41 Å². The molecule has 0 radical (unpaired) electrons. The van der Waals surface area contributed by atoms with Crippen LogP contribution in [-0.4, -0.2) is 62.2 Å². The molecule has 1 unspecified atom stereocenters. The maximum atomic E-state index is 3.61. The van der Waals surface area contributed by atoms with Crippen molar-refractivity contribution in [2.24, 2.45) is 11.3 Å². The van der Waals surface area contributed by atoms with E-state index in [2.05, 4.69) is 49.7 Å². The maximum Gasteiger partial charge on any atom is 0.0110 e. The standard InChI is InChI=1S/C17H37N3/c1-6-8-18-14-17(5,7-2)15-20-11-9-19(10-12-20)13-16(3)4/h16,18H,6-15H2,1-5H3. The molecule has 0 aromatic carbocycles. The van der Waals surface area contributed by atoms with Crippen LogP contribution < -0.4 is 5.32 Å². The van der Waals surface area contributed by atoms with Gasteiger partial charge in [0.15, 0.2) is 0 Å². The van der Waals surface area contributed by atoms with Crippen LogP contribution in [0.5, 0.6) is 0 Å². The lowest BCUT2D eigenvalue weighted by Gasteiger charge is -2.40. The molecule has 0 saturated carbocycles. The van der Waals surface area contributed by atoms with Gasteiger partial charge in [-0.2, -0.15) is 0 Å². The molecule has 120 valence electrons. The highest BCUT2D eigenvalue weighted by molar-refractivity contribution is 4.82. The Morgan fingerprint density at radius 1 is 1.05 bits per heavy atom. The third-order valence-electron chi connectivity index (χ3n) is 4.53. The molecular formula is C17H37N3. The molecule has 1 aliphatic rings. The van der Waals surface area contributed by atoms with Gasteiger partial charge in [0.25, 0.3) is 0 Å².